The summed E-state index contributed by atoms with van der Waals surface area (Å²) in [6.45, 7) is -2.71. The first-order valence-corrected chi connectivity index (χ1v) is 6.52. The molecule has 0 spiro atoms. The van der Waals surface area contributed by atoms with Crippen molar-refractivity contribution in [1.29, 1.82) is 0 Å². The summed E-state index contributed by atoms with van der Waals surface area (Å²) in [6, 6.07) is 6.38. The summed E-state index contributed by atoms with van der Waals surface area (Å²) in [5.41, 5.74) is 0.522. The smallest absolute Gasteiger partial charge is 0.387 e. The Hall–Kier alpha value is -1.36. The van der Waals surface area contributed by atoms with Crippen molar-refractivity contribution in [1.82, 2.24) is 5.32 Å². The minimum Gasteiger partial charge on any atom is -0.434 e. The van der Waals surface area contributed by atoms with E-state index < -0.39 is 6.61 Å². The number of carbonyl (C=O) groups excluding carboxylic acids is 1. The molecule has 0 saturated carbocycles. The highest BCUT2D eigenvalue weighted by molar-refractivity contribution is 6.17. The van der Waals surface area contributed by atoms with Gasteiger partial charge in [-0.2, -0.15) is 8.78 Å². The Morgan fingerprint density at radius 2 is 2.05 bits per heavy atom. The van der Waals surface area contributed by atoms with Crippen LogP contribution in [0.2, 0.25) is 0 Å². The zero-order valence-corrected chi connectivity index (χ0v) is 11.1. The molecule has 0 saturated heterocycles. The molecule has 0 atom stereocenters. The van der Waals surface area contributed by atoms with Gasteiger partial charge in [0, 0.05) is 24.4 Å². The highest BCUT2D eigenvalue weighted by Crippen LogP contribution is 2.19. The van der Waals surface area contributed by atoms with Gasteiger partial charge in [0.25, 0.3) is 0 Å². The molecular formula is C13H16ClF2NO2. The summed E-state index contributed by atoms with van der Waals surface area (Å²) in [5, 5.41) is 2.66. The zero-order valence-electron chi connectivity index (χ0n) is 10.4. The number of alkyl halides is 3. The first kappa shape index (κ1) is 15.7. The predicted molar refractivity (Wildman–Crippen MR) is 69.5 cm³/mol. The Labute approximate surface area is 115 Å². The molecule has 0 fully saturated rings. The van der Waals surface area contributed by atoms with Crippen LogP contribution in [0.4, 0.5) is 8.78 Å². The van der Waals surface area contributed by atoms with Crippen molar-refractivity contribution < 1.29 is 18.3 Å². The van der Waals surface area contributed by atoms with Gasteiger partial charge in [-0.15, -0.1) is 11.6 Å². The van der Waals surface area contributed by atoms with Gasteiger partial charge >= 0.3 is 6.61 Å². The van der Waals surface area contributed by atoms with Crippen LogP contribution in [0.5, 0.6) is 5.75 Å². The summed E-state index contributed by atoms with van der Waals surface area (Å²) in [6.07, 6.45) is 1.87. The van der Waals surface area contributed by atoms with Crippen molar-refractivity contribution in [2.75, 3.05) is 5.88 Å². The van der Waals surface area contributed by atoms with Gasteiger partial charge in [-0.25, -0.2) is 0 Å². The second kappa shape index (κ2) is 8.69. The van der Waals surface area contributed by atoms with Crippen LogP contribution in [0.25, 0.3) is 0 Å². The summed E-state index contributed by atoms with van der Waals surface area (Å²) < 4.78 is 28.7. The van der Waals surface area contributed by atoms with Crippen molar-refractivity contribution in [3.63, 3.8) is 0 Å². The Kier molecular flexibility index (Phi) is 7.18. The number of para-hydroxylation sites is 1. The number of carbonyl (C=O) groups is 1. The van der Waals surface area contributed by atoms with Crippen LogP contribution in [0.1, 0.15) is 24.8 Å². The van der Waals surface area contributed by atoms with E-state index >= 15 is 0 Å². The van der Waals surface area contributed by atoms with Gasteiger partial charge in [-0.1, -0.05) is 18.2 Å². The minimum absolute atomic E-state index is 0.0820. The van der Waals surface area contributed by atoms with Crippen LogP contribution in [-0.2, 0) is 11.3 Å². The molecule has 0 aromatic heterocycles. The number of nitrogens with one attached hydrogen (secondary N) is 1. The van der Waals surface area contributed by atoms with Crippen LogP contribution in [0.15, 0.2) is 24.3 Å². The SMILES string of the molecule is O=C(CCCCCl)NCc1ccccc1OC(F)F. The van der Waals surface area contributed by atoms with Gasteiger partial charge in [0.2, 0.25) is 5.91 Å². The molecule has 0 radical (unpaired) electrons. The molecule has 0 heterocycles. The lowest BCUT2D eigenvalue weighted by molar-refractivity contribution is -0.121. The van der Waals surface area contributed by atoms with Crippen molar-refractivity contribution in [3.05, 3.63) is 29.8 Å². The zero-order chi connectivity index (χ0) is 14.1. The number of ether oxygens (including phenoxy) is 1. The van der Waals surface area contributed by atoms with E-state index in [1.165, 1.54) is 6.07 Å². The maximum atomic E-state index is 12.2. The Balaban J connectivity index is 2.46. The second-order valence-electron chi connectivity index (χ2n) is 3.91. The number of halogens is 3. The fourth-order valence-corrected chi connectivity index (χ4v) is 1.71. The topological polar surface area (TPSA) is 38.3 Å². The fraction of sp³-hybridized carbons (Fsp3) is 0.462. The number of hydrogen-bond acceptors (Lipinski definition) is 2. The lowest BCUT2D eigenvalue weighted by atomic mass is 10.2. The van der Waals surface area contributed by atoms with E-state index in [9.17, 15) is 13.6 Å². The van der Waals surface area contributed by atoms with Crippen LogP contribution in [0.3, 0.4) is 0 Å². The first-order valence-electron chi connectivity index (χ1n) is 5.99. The maximum absolute atomic E-state index is 12.2. The minimum atomic E-state index is -2.87. The molecule has 0 bridgehead atoms. The van der Waals surface area contributed by atoms with Gasteiger partial charge < -0.3 is 10.1 Å². The number of unbranched alkanes of at least 4 members (excludes halogenated alkanes) is 1. The number of rotatable bonds is 8. The maximum Gasteiger partial charge on any atom is 0.387 e. The quantitative estimate of drug-likeness (QED) is 0.589. The summed E-state index contributed by atoms with van der Waals surface area (Å²) in [4.78, 5) is 11.5. The van der Waals surface area contributed by atoms with Crippen LogP contribution >= 0.6 is 11.6 Å². The average Bonchev–Trinajstić information content (AvgIpc) is 2.37. The van der Waals surface area contributed by atoms with Gasteiger partial charge in [-0.3, -0.25) is 4.79 Å². The average molecular weight is 292 g/mol. The molecule has 6 heteroatoms. The molecule has 0 aliphatic rings. The summed E-state index contributed by atoms with van der Waals surface area (Å²) in [7, 11) is 0. The molecule has 19 heavy (non-hydrogen) atoms. The molecule has 106 valence electrons. The lowest BCUT2D eigenvalue weighted by Crippen LogP contribution is -2.22. The van der Waals surface area contributed by atoms with Crippen molar-refractivity contribution in [2.24, 2.45) is 0 Å². The molecule has 0 aliphatic heterocycles. The highest BCUT2D eigenvalue weighted by Gasteiger charge is 2.09. The van der Waals surface area contributed by atoms with Crippen LogP contribution in [-0.4, -0.2) is 18.4 Å². The third-order valence-corrected chi connectivity index (χ3v) is 2.72. The molecule has 1 N–H and O–H groups in total. The summed E-state index contributed by atoms with van der Waals surface area (Å²) >= 11 is 5.51. The fourth-order valence-electron chi connectivity index (χ4n) is 1.52. The molecule has 1 amide bonds. The number of hydrogen-bond donors (Lipinski definition) is 1. The molecule has 1 aromatic rings. The summed E-state index contributed by atoms with van der Waals surface area (Å²) in [5.74, 6) is 0.480. The van der Waals surface area contributed by atoms with Crippen LogP contribution in [0, 0.1) is 0 Å². The predicted octanol–water partition coefficient (Wildman–Crippen LogP) is 3.31. The van der Waals surface area contributed by atoms with E-state index in [1.54, 1.807) is 18.2 Å². The molecule has 0 aliphatic carbocycles. The molecule has 3 nitrogen and oxygen atoms in total. The van der Waals surface area contributed by atoms with Crippen molar-refractivity contribution >= 4 is 17.5 Å². The number of benzene rings is 1. The number of amides is 1. The molecule has 0 unspecified atom stereocenters. The normalized spacial score (nSPS) is 10.5. The van der Waals surface area contributed by atoms with E-state index in [2.05, 4.69) is 10.1 Å². The second-order valence-corrected chi connectivity index (χ2v) is 4.29. The first-order chi connectivity index (χ1) is 9.13. The molecule has 1 aromatic carbocycles. The van der Waals surface area contributed by atoms with E-state index in [4.69, 9.17) is 11.6 Å². The van der Waals surface area contributed by atoms with E-state index in [0.717, 1.165) is 6.42 Å². The third-order valence-electron chi connectivity index (χ3n) is 2.45. The van der Waals surface area contributed by atoms with E-state index in [-0.39, 0.29) is 18.2 Å². The van der Waals surface area contributed by atoms with Gasteiger partial charge in [-0.05, 0) is 18.9 Å². The van der Waals surface area contributed by atoms with E-state index in [0.29, 0.717) is 24.3 Å². The van der Waals surface area contributed by atoms with Gasteiger partial charge in [0.05, 0.1) is 0 Å². The monoisotopic (exact) mass is 291 g/mol. The lowest BCUT2D eigenvalue weighted by Gasteiger charge is -2.11. The largest absolute Gasteiger partial charge is 0.434 e. The van der Waals surface area contributed by atoms with Crippen molar-refractivity contribution in [3.8, 4) is 5.75 Å². The Morgan fingerprint density at radius 3 is 2.74 bits per heavy atom. The van der Waals surface area contributed by atoms with Crippen LogP contribution < -0.4 is 10.1 Å². The van der Waals surface area contributed by atoms with Gasteiger partial charge in [0.15, 0.2) is 0 Å². The Bertz CT molecular complexity index is 402. The standard InChI is InChI=1S/C13H16ClF2NO2/c14-8-4-3-7-12(18)17-9-10-5-1-2-6-11(10)19-13(15)16/h1-2,5-6,13H,3-4,7-9H2,(H,17,18). The third kappa shape index (κ3) is 6.38. The molecular weight excluding hydrogens is 276 g/mol. The van der Waals surface area contributed by atoms with E-state index in [1.807, 2.05) is 0 Å². The highest BCUT2D eigenvalue weighted by atomic mass is 35.5. The van der Waals surface area contributed by atoms with Gasteiger partial charge in [0.1, 0.15) is 5.75 Å². The molecule has 1 rings (SSSR count). The van der Waals surface area contributed by atoms with Crippen molar-refractivity contribution in [2.45, 2.75) is 32.4 Å². The Morgan fingerprint density at radius 1 is 1.32 bits per heavy atom.